The molecule has 1 amide bonds. The van der Waals surface area contributed by atoms with E-state index in [1.54, 1.807) is 11.0 Å². The number of para-hydroxylation sites is 1. The maximum absolute atomic E-state index is 13.3. The Balaban J connectivity index is 1.98. The van der Waals surface area contributed by atoms with Gasteiger partial charge in [-0.2, -0.15) is 5.26 Å². The van der Waals surface area contributed by atoms with Gasteiger partial charge in [-0.25, -0.2) is 0 Å². The van der Waals surface area contributed by atoms with E-state index in [-0.39, 0.29) is 17.0 Å². The van der Waals surface area contributed by atoms with Crippen molar-refractivity contribution >= 4 is 28.9 Å². The van der Waals surface area contributed by atoms with Crippen LogP contribution < -0.4 is 14.8 Å². The van der Waals surface area contributed by atoms with Gasteiger partial charge in [-0.05, 0) is 43.0 Å². The van der Waals surface area contributed by atoms with Gasteiger partial charge >= 0.3 is 0 Å². The summed E-state index contributed by atoms with van der Waals surface area (Å²) in [6.45, 7) is 1.29. The van der Waals surface area contributed by atoms with E-state index >= 15 is 0 Å². The number of likely N-dealkylation sites (tertiary alicyclic amines) is 1. The third-order valence-electron chi connectivity index (χ3n) is 5.12. The molecule has 1 aliphatic rings. The van der Waals surface area contributed by atoms with Gasteiger partial charge in [-0.1, -0.05) is 48.5 Å². The molecule has 0 saturated carbocycles. The Morgan fingerprint density at radius 2 is 1.60 bits per heavy atom. The predicted molar refractivity (Wildman–Crippen MR) is 119 cm³/mol. The highest BCUT2D eigenvalue weighted by Gasteiger charge is 2.23. The van der Waals surface area contributed by atoms with Crippen molar-refractivity contribution in [2.45, 2.75) is 19.3 Å². The molecule has 150 valence electrons. The van der Waals surface area contributed by atoms with Crippen LogP contribution in [0.3, 0.4) is 0 Å². The molecule has 0 aliphatic carbocycles. The zero-order valence-corrected chi connectivity index (χ0v) is 17.3. The zero-order chi connectivity index (χ0) is 20.9. The average Bonchev–Trinajstić information content (AvgIpc) is 3.11. The predicted octanol–water partition coefficient (Wildman–Crippen LogP) is 2.41. The fraction of sp³-hybridized carbons (Fsp3) is 0.208. The van der Waals surface area contributed by atoms with Crippen molar-refractivity contribution < 1.29 is 4.79 Å². The van der Waals surface area contributed by atoms with Gasteiger partial charge in [0.05, 0.1) is 10.2 Å². The maximum Gasteiger partial charge on any atom is 0.273 e. The molecule has 0 unspecified atom stereocenters. The third kappa shape index (κ3) is 3.98. The first-order valence-corrected chi connectivity index (χ1v) is 10.8. The van der Waals surface area contributed by atoms with Crippen molar-refractivity contribution in [3.63, 3.8) is 0 Å². The van der Waals surface area contributed by atoms with Crippen LogP contribution in [0.4, 0.5) is 0 Å². The number of hydrogen-bond acceptors (Lipinski definition) is 4. The van der Waals surface area contributed by atoms with E-state index in [0.717, 1.165) is 24.8 Å². The molecule has 3 aromatic rings. The summed E-state index contributed by atoms with van der Waals surface area (Å²) >= 11 is 1.19. The summed E-state index contributed by atoms with van der Waals surface area (Å²) in [6, 6.07) is 20.8. The second-order valence-corrected chi connectivity index (χ2v) is 8.17. The van der Waals surface area contributed by atoms with Crippen molar-refractivity contribution in [1.29, 1.82) is 5.26 Å². The molecule has 2 aromatic carbocycles. The van der Waals surface area contributed by atoms with Gasteiger partial charge in [0.2, 0.25) is 0 Å². The molecule has 0 radical (unpaired) electrons. The van der Waals surface area contributed by atoms with Gasteiger partial charge in [0.1, 0.15) is 10.7 Å². The second kappa shape index (κ2) is 8.93. The number of carbonyl (C=O) groups excluding carboxylic acids is 1. The van der Waals surface area contributed by atoms with Crippen LogP contribution >= 0.6 is 11.3 Å². The lowest BCUT2D eigenvalue weighted by Gasteiger charge is -2.26. The van der Waals surface area contributed by atoms with E-state index in [0.29, 0.717) is 28.0 Å². The monoisotopic (exact) mass is 415 g/mol. The summed E-state index contributed by atoms with van der Waals surface area (Å²) in [5, 5.41) is 9.89. The summed E-state index contributed by atoms with van der Waals surface area (Å²) < 4.78 is 2.35. The zero-order valence-electron chi connectivity index (χ0n) is 16.5. The van der Waals surface area contributed by atoms with Crippen LogP contribution in [0, 0.1) is 11.3 Å². The largest absolute Gasteiger partial charge is 0.338 e. The molecule has 4 rings (SSSR count). The molecule has 5 nitrogen and oxygen atoms in total. The molecule has 1 saturated heterocycles. The molecule has 2 heterocycles. The molecule has 1 aliphatic heterocycles. The van der Waals surface area contributed by atoms with Crippen molar-refractivity contribution in [2.75, 3.05) is 13.1 Å². The van der Waals surface area contributed by atoms with Crippen LogP contribution in [0.5, 0.6) is 0 Å². The molecule has 30 heavy (non-hydrogen) atoms. The maximum atomic E-state index is 13.3. The van der Waals surface area contributed by atoms with Crippen molar-refractivity contribution in [2.24, 2.45) is 0 Å². The molecule has 1 fully saturated rings. The van der Waals surface area contributed by atoms with Crippen LogP contribution in [0.1, 0.15) is 24.8 Å². The molecule has 0 spiro atoms. The Morgan fingerprint density at radius 3 is 2.23 bits per heavy atom. The molecule has 0 bridgehead atoms. The van der Waals surface area contributed by atoms with Crippen molar-refractivity contribution in [3.05, 3.63) is 85.8 Å². The van der Waals surface area contributed by atoms with Gasteiger partial charge in [0.25, 0.3) is 11.5 Å². The normalized spacial score (nSPS) is 15.6. The van der Waals surface area contributed by atoms with Crippen LogP contribution in [-0.4, -0.2) is 28.5 Å². The number of nitrogens with zero attached hydrogens (tertiary/aromatic N) is 3. The highest BCUT2D eigenvalue weighted by Crippen LogP contribution is 2.12. The third-order valence-corrected chi connectivity index (χ3v) is 6.21. The lowest BCUT2D eigenvalue weighted by atomic mass is 10.1. The highest BCUT2D eigenvalue weighted by molar-refractivity contribution is 7.07. The van der Waals surface area contributed by atoms with Gasteiger partial charge in [0, 0.05) is 13.1 Å². The number of nitriles is 1. The van der Waals surface area contributed by atoms with Crippen LogP contribution in [0.15, 0.2) is 65.5 Å². The molecular formula is C24H21N3O2S. The molecule has 0 atom stereocenters. The summed E-state index contributed by atoms with van der Waals surface area (Å²) in [6.07, 6.45) is 4.77. The van der Waals surface area contributed by atoms with Crippen molar-refractivity contribution in [3.8, 4) is 11.8 Å². The minimum Gasteiger partial charge on any atom is -0.338 e. The summed E-state index contributed by atoms with van der Waals surface area (Å²) in [7, 11) is 0. The van der Waals surface area contributed by atoms with Crippen LogP contribution in [0.2, 0.25) is 0 Å². The SMILES string of the molecule is N#C/C(C(=O)N1CCCCC1)=c1/s/c(=C\c2ccccc2)c(=O)n1-c1ccccc1. The minimum absolute atomic E-state index is 0.0237. The molecular weight excluding hydrogens is 394 g/mol. The fourth-order valence-electron chi connectivity index (χ4n) is 3.60. The fourth-order valence-corrected chi connectivity index (χ4v) is 4.70. The molecule has 0 N–H and O–H groups in total. The lowest BCUT2D eigenvalue weighted by Crippen LogP contribution is -2.39. The Labute approximate surface area is 178 Å². The summed E-state index contributed by atoms with van der Waals surface area (Å²) in [5.74, 6) is -0.297. The van der Waals surface area contributed by atoms with E-state index < -0.39 is 0 Å². The summed E-state index contributed by atoms with van der Waals surface area (Å²) in [5.41, 5.74) is 1.32. The van der Waals surface area contributed by atoms with Crippen LogP contribution in [0.25, 0.3) is 17.3 Å². The minimum atomic E-state index is -0.297. The first kappa shape index (κ1) is 19.9. The van der Waals surface area contributed by atoms with E-state index in [4.69, 9.17) is 0 Å². The number of carbonyl (C=O) groups is 1. The van der Waals surface area contributed by atoms with Gasteiger partial charge in [0.15, 0.2) is 5.57 Å². The first-order valence-electron chi connectivity index (χ1n) is 9.97. The number of thiazole rings is 1. The smallest absolute Gasteiger partial charge is 0.273 e. The van der Waals surface area contributed by atoms with Gasteiger partial charge in [-0.3, -0.25) is 14.2 Å². The Kier molecular flexibility index (Phi) is 5.92. The van der Waals surface area contributed by atoms with E-state index in [1.165, 1.54) is 15.9 Å². The van der Waals surface area contributed by atoms with E-state index in [1.807, 2.05) is 60.7 Å². The number of aromatic nitrogens is 1. The number of benzene rings is 2. The highest BCUT2D eigenvalue weighted by atomic mass is 32.1. The Morgan fingerprint density at radius 1 is 0.967 bits per heavy atom. The number of piperidine rings is 1. The second-order valence-electron chi connectivity index (χ2n) is 7.14. The number of amides is 1. The summed E-state index contributed by atoms with van der Waals surface area (Å²) in [4.78, 5) is 28.2. The van der Waals surface area contributed by atoms with Gasteiger partial charge in [-0.15, -0.1) is 11.3 Å². The quantitative estimate of drug-likeness (QED) is 0.660. The first-order chi connectivity index (χ1) is 14.7. The van der Waals surface area contributed by atoms with E-state index in [9.17, 15) is 14.9 Å². The van der Waals surface area contributed by atoms with Crippen molar-refractivity contribution in [1.82, 2.24) is 9.47 Å². The standard InChI is InChI=1S/C24H21N3O2S/c25-17-20(22(28)26-14-8-3-9-15-26)24-27(19-12-6-2-7-13-19)23(29)21(30-24)16-18-10-4-1-5-11-18/h1-2,4-7,10-13,16H,3,8-9,14-15H2/b21-16-,24-20-. The average molecular weight is 416 g/mol. The number of rotatable bonds is 3. The van der Waals surface area contributed by atoms with E-state index in [2.05, 4.69) is 6.07 Å². The molecule has 1 aromatic heterocycles. The topological polar surface area (TPSA) is 66.1 Å². The molecule has 6 heteroatoms. The van der Waals surface area contributed by atoms with Crippen LogP contribution in [-0.2, 0) is 4.79 Å². The van der Waals surface area contributed by atoms with Gasteiger partial charge < -0.3 is 4.90 Å². The lowest BCUT2D eigenvalue weighted by molar-refractivity contribution is -0.125. The Bertz CT molecular complexity index is 1260. The number of hydrogen-bond donors (Lipinski definition) is 0. The Hall–Kier alpha value is -3.43.